The van der Waals surface area contributed by atoms with Crippen molar-refractivity contribution in [3.8, 4) is 0 Å². The highest BCUT2D eigenvalue weighted by Gasteiger charge is 2.10. The predicted molar refractivity (Wildman–Crippen MR) is 80.1 cm³/mol. The Bertz CT molecular complexity index is 613. The fourth-order valence-electron chi connectivity index (χ4n) is 1.95. The number of nitrogens with zero attached hydrogens (tertiary/aromatic N) is 2. The first-order chi connectivity index (χ1) is 10.1. The smallest absolute Gasteiger partial charge is 0.271 e. The molecule has 6 heteroatoms. The molecule has 0 saturated carbocycles. The highest BCUT2D eigenvalue weighted by molar-refractivity contribution is 5.91. The van der Waals surface area contributed by atoms with E-state index < -0.39 is 6.10 Å². The van der Waals surface area contributed by atoms with E-state index in [0.717, 1.165) is 11.1 Å². The molecule has 0 aliphatic rings. The molecular formula is C15H18N4O2. The Balaban J connectivity index is 1.97. The molecular weight excluding hydrogens is 268 g/mol. The second kappa shape index (κ2) is 6.81. The van der Waals surface area contributed by atoms with Crippen LogP contribution in [0.15, 0.2) is 36.4 Å². The van der Waals surface area contributed by atoms with Crippen LogP contribution in [-0.4, -0.2) is 34.8 Å². The van der Waals surface area contributed by atoms with Gasteiger partial charge in [-0.3, -0.25) is 4.79 Å². The van der Waals surface area contributed by atoms with Gasteiger partial charge in [-0.25, -0.2) is 0 Å². The number of benzene rings is 1. The van der Waals surface area contributed by atoms with Crippen LogP contribution in [0.25, 0.3) is 0 Å². The fourth-order valence-corrected chi connectivity index (χ4v) is 1.95. The average Bonchev–Trinajstić information content (AvgIpc) is 2.52. The number of aliphatic hydroxyl groups is 1. The third kappa shape index (κ3) is 3.76. The summed E-state index contributed by atoms with van der Waals surface area (Å²) in [7, 11) is 1.54. The maximum absolute atomic E-state index is 11.3. The standard InChI is InChI=1S/C15H18N4O2/c1-10-5-3-4-6-11(10)13(20)9-17-14-8-7-12(18-19-14)15(21)16-2/h3-8,13,20H,9H2,1-2H3,(H,16,21)(H,17,19). The summed E-state index contributed by atoms with van der Waals surface area (Å²) in [5.41, 5.74) is 2.16. The molecule has 1 atom stereocenters. The maximum atomic E-state index is 11.3. The number of hydrogen-bond donors (Lipinski definition) is 3. The molecule has 0 radical (unpaired) electrons. The molecule has 0 spiro atoms. The van der Waals surface area contributed by atoms with E-state index in [2.05, 4.69) is 20.8 Å². The number of nitrogens with one attached hydrogen (secondary N) is 2. The normalized spacial score (nSPS) is 11.8. The van der Waals surface area contributed by atoms with Crippen LogP contribution in [-0.2, 0) is 0 Å². The molecule has 21 heavy (non-hydrogen) atoms. The van der Waals surface area contributed by atoms with Gasteiger partial charge in [0, 0.05) is 13.6 Å². The first-order valence-corrected chi connectivity index (χ1v) is 6.65. The van der Waals surface area contributed by atoms with E-state index >= 15 is 0 Å². The van der Waals surface area contributed by atoms with Gasteiger partial charge in [0.15, 0.2) is 5.69 Å². The summed E-state index contributed by atoms with van der Waals surface area (Å²) in [4.78, 5) is 11.3. The van der Waals surface area contributed by atoms with E-state index in [1.807, 2.05) is 31.2 Å². The largest absolute Gasteiger partial charge is 0.387 e. The number of aromatic nitrogens is 2. The van der Waals surface area contributed by atoms with Crippen molar-refractivity contribution in [3.05, 3.63) is 53.2 Å². The highest BCUT2D eigenvalue weighted by Crippen LogP contribution is 2.17. The van der Waals surface area contributed by atoms with E-state index in [9.17, 15) is 9.90 Å². The van der Waals surface area contributed by atoms with Crippen LogP contribution in [0.1, 0.15) is 27.7 Å². The molecule has 0 bridgehead atoms. The lowest BCUT2D eigenvalue weighted by Gasteiger charge is -2.14. The molecule has 0 aliphatic carbocycles. The minimum Gasteiger partial charge on any atom is -0.387 e. The summed E-state index contributed by atoms with van der Waals surface area (Å²) >= 11 is 0. The van der Waals surface area contributed by atoms with Gasteiger partial charge in [-0.2, -0.15) is 0 Å². The van der Waals surface area contributed by atoms with E-state index in [0.29, 0.717) is 12.4 Å². The number of amides is 1. The van der Waals surface area contributed by atoms with Crippen molar-refractivity contribution in [3.63, 3.8) is 0 Å². The summed E-state index contributed by atoms with van der Waals surface area (Å²) in [5.74, 6) is 0.226. The molecule has 0 aliphatic heterocycles. The molecule has 1 aromatic heterocycles. The summed E-state index contributed by atoms with van der Waals surface area (Å²) < 4.78 is 0. The third-order valence-electron chi connectivity index (χ3n) is 3.15. The van der Waals surface area contributed by atoms with Gasteiger partial charge in [0.25, 0.3) is 5.91 Å². The quantitative estimate of drug-likeness (QED) is 0.771. The van der Waals surface area contributed by atoms with Crippen molar-refractivity contribution in [2.24, 2.45) is 0 Å². The summed E-state index contributed by atoms with van der Waals surface area (Å²) in [6.07, 6.45) is -0.633. The van der Waals surface area contributed by atoms with Crippen LogP contribution in [0.2, 0.25) is 0 Å². The van der Waals surface area contributed by atoms with Gasteiger partial charge in [0.05, 0.1) is 6.10 Å². The Morgan fingerprint density at radius 3 is 2.62 bits per heavy atom. The molecule has 1 aromatic carbocycles. The van der Waals surface area contributed by atoms with Crippen molar-refractivity contribution < 1.29 is 9.90 Å². The highest BCUT2D eigenvalue weighted by atomic mass is 16.3. The van der Waals surface area contributed by atoms with Gasteiger partial charge in [0.2, 0.25) is 0 Å². The summed E-state index contributed by atoms with van der Waals surface area (Å²) in [5, 5.41) is 23.4. The van der Waals surface area contributed by atoms with Gasteiger partial charge in [-0.1, -0.05) is 24.3 Å². The fraction of sp³-hybridized carbons (Fsp3) is 0.267. The van der Waals surface area contributed by atoms with Gasteiger partial charge in [-0.05, 0) is 30.2 Å². The molecule has 3 N–H and O–H groups in total. The zero-order valence-electron chi connectivity index (χ0n) is 12.0. The minimum atomic E-state index is -0.633. The summed E-state index contributed by atoms with van der Waals surface area (Å²) in [6, 6.07) is 10.9. The molecule has 1 heterocycles. The summed E-state index contributed by atoms with van der Waals surface area (Å²) in [6.45, 7) is 2.27. The zero-order valence-corrected chi connectivity index (χ0v) is 12.0. The molecule has 110 valence electrons. The topological polar surface area (TPSA) is 87.1 Å². The number of aliphatic hydroxyl groups excluding tert-OH is 1. The Hall–Kier alpha value is -2.47. The molecule has 6 nitrogen and oxygen atoms in total. The Morgan fingerprint density at radius 2 is 2.00 bits per heavy atom. The number of aryl methyl sites for hydroxylation is 1. The Labute approximate surface area is 123 Å². The van der Waals surface area contributed by atoms with Crippen molar-refractivity contribution in [2.75, 3.05) is 18.9 Å². The van der Waals surface area contributed by atoms with Crippen molar-refractivity contribution in [2.45, 2.75) is 13.0 Å². The van der Waals surface area contributed by atoms with Crippen LogP contribution >= 0.6 is 0 Å². The third-order valence-corrected chi connectivity index (χ3v) is 3.15. The lowest BCUT2D eigenvalue weighted by atomic mass is 10.0. The zero-order chi connectivity index (χ0) is 15.2. The lowest BCUT2D eigenvalue weighted by Crippen LogP contribution is -2.20. The average molecular weight is 286 g/mol. The first-order valence-electron chi connectivity index (χ1n) is 6.65. The molecule has 2 aromatic rings. The van der Waals surface area contributed by atoms with Crippen LogP contribution in [0.3, 0.4) is 0 Å². The minimum absolute atomic E-state index is 0.252. The second-order valence-electron chi connectivity index (χ2n) is 4.64. The van der Waals surface area contributed by atoms with Gasteiger partial charge < -0.3 is 15.7 Å². The van der Waals surface area contributed by atoms with Crippen molar-refractivity contribution in [1.82, 2.24) is 15.5 Å². The van der Waals surface area contributed by atoms with E-state index in [4.69, 9.17) is 0 Å². The number of carbonyl (C=O) groups is 1. The predicted octanol–water partition coefficient (Wildman–Crippen LogP) is 1.29. The molecule has 0 saturated heterocycles. The molecule has 1 amide bonds. The Morgan fingerprint density at radius 1 is 1.24 bits per heavy atom. The number of carbonyl (C=O) groups excluding carboxylic acids is 1. The van der Waals surface area contributed by atoms with Crippen LogP contribution in [0, 0.1) is 6.92 Å². The number of rotatable bonds is 5. The van der Waals surface area contributed by atoms with Gasteiger partial charge in [-0.15, -0.1) is 10.2 Å². The Kier molecular flexibility index (Phi) is 4.84. The first kappa shape index (κ1) is 14.9. The molecule has 2 rings (SSSR count). The SMILES string of the molecule is CNC(=O)c1ccc(NCC(O)c2ccccc2C)nn1. The van der Waals surface area contributed by atoms with Crippen LogP contribution < -0.4 is 10.6 Å². The van der Waals surface area contributed by atoms with Crippen LogP contribution in [0.5, 0.6) is 0 Å². The maximum Gasteiger partial charge on any atom is 0.271 e. The van der Waals surface area contributed by atoms with Crippen molar-refractivity contribution >= 4 is 11.7 Å². The monoisotopic (exact) mass is 286 g/mol. The van der Waals surface area contributed by atoms with E-state index in [1.54, 1.807) is 12.1 Å². The number of hydrogen-bond acceptors (Lipinski definition) is 5. The van der Waals surface area contributed by atoms with Crippen LogP contribution in [0.4, 0.5) is 5.82 Å². The lowest BCUT2D eigenvalue weighted by molar-refractivity contribution is 0.0957. The van der Waals surface area contributed by atoms with Gasteiger partial charge >= 0.3 is 0 Å². The van der Waals surface area contributed by atoms with E-state index in [1.165, 1.54) is 7.05 Å². The van der Waals surface area contributed by atoms with E-state index in [-0.39, 0.29) is 11.6 Å². The van der Waals surface area contributed by atoms with Gasteiger partial charge in [0.1, 0.15) is 5.82 Å². The number of anilines is 1. The second-order valence-corrected chi connectivity index (χ2v) is 4.64. The van der Waals surface area contributed by atoms with Crippen molar-refractivity contribution in [1.29, 1.82) is 0 Å². The molecule has 1 unspecified atom stereocenters. The molecule has 0 fully saturated rings.